The summed E-state index contributed by atoms with van der Waals surface area (Å²) in [5.74, 6) is 1.10. The first kappa shape index (κ1) is 19.8. The maximum Gasteiger partial charge on any atom is 0.232 e. The Morgan fingerprint density at radius 3 is 2.46 bits per heavy atom. The van der Waals surface area contributed by atoms with Gasteiger partial charge in [-0.3, -0.25) is 4.79 Å². The molecule has 0 atom stereocenters. The molecule has 1 aromatic carbocycles. The molecule has 1 aliphatic rings. The van der Waals surface area contributed by atoms with Crippen molar-refractivity contribution >= 4 is 50.9 Å². The molecule has 0 spiro atoms. The first-order valence-electron chi connectivity index (χ1n) is 7.60. The molecule has 1 aliphatic heterocycles. The van der Waals surface area contributed by atoms with Crippen molar-refractivity contribution in [1.82, 2.24) is 9.21 Å². The van der Waals surface area contributed by atoms with Gasteiger partial charge >= 0.3 is 0 Å². The number of benzene rings is 1. The van der Waals surface area contributed by atoms with Gasteiger partial charge in [-0.15, -0.1) is 11.8 Å². The highest BCUT2D eigenvalue weighted by Crippen LogP contribution is 2.25. The second kappa shape index (κ2) is 8.76. The summed E-state index contributed by atoms with van der Waals surface area (Å²) in [6.45, 7) is 3.26. The van der Waals surface area contributed by atoms with E-state index in [2.05, 4.69) is 0 Å². The predicted octanol–water partition coefficient (Wildman–Crippen LogP) is 2.72. The van der Waals surface area contributed by atoms with Crippen molar-refractivity contribution in [3.63, 3.8) is 0 Å². The summed E-state index contributed by atoms with van der Waals surface area (Å²) < 4.78 is 25.1. The van der Waals surface area contributed by atoms with Gasteiger partial charge in [0.2, 0.25) is 15.9 Å². The van der Waals surface area contributed by atoms with Gasteiger partial charge in [-0.25, -0.2) is 8.42 Å². The molecule has 0 N–H and O–H groups in total. The van der Waals surface area contributed by atoms with Crippen molar-refractivity contribution < 1.29 is 13.2 Å². The summed E-state index contributed by atoms with van der Waals surface area (Å²) in [5.41, 5.74) is 0.942. The van der Waals surface area contributed by atoms with Gasteiger partial charge in [0.05, 0.1) is 11.5 Å². The van der Waals surface area contributed by atoms with Gasteiger partial charge in [-0.1, -0.05) is 29.3 Å². The van der Waals surface area contributed by atoms with Crippen LogP contribution in [0.2, 0.25) is 10.0 Å². The zero-order valence-electron chi connectivity index (χ0n) is 13.4. The molecule has 5 nitrogen and oxygen atoms in total. The smallest absolute Gasteiger partial charge is 0.232 e. The molecule has 1 saturated heterocycles. The number of nitrogens with zero attached hydrogens (tertiary/aromatic N) is 2. The van der Waals surface area contributed by atoms with E-state index < -0.39 is 10.0 Å². The minimum absolute atomic E-state index is 0.0265. The molecule has 1 heterocycles. The van der Waals surface area contributed by atoms with Gasteiger partial charge in [0, 0.05) is 42.0 Å². The molecule has 0 unspecified atom stereocenters. The van der Waals surface area contributed by atoms with Crippen molar-refractivity contribution in [3.05, 3.63) is 33.8 Å². The highest BCUT2D eigenvalue weighted by molar-refractivity contribution is 7.99. The van der Waals surface area contributed by atoms with Gasteiger partial charge in [0.15, 0.2) is 0 Å². The minimum Gasteiger partial charge on any atom is -0.339 e. The Balaban J connectivity index is 1.78. The number of thioether (sulfide) groups is 1. The summed E-state index contributed by atoms with van der Waals surface area (Å²) in [5, 5.41) is 1.19. The number of piperazine rings is 1. The summed E-state index contributed by atoms with van der Waals surface area (Å²) >= 11 is 13.5. The maximum atomic E-state index is 12.2. The number of hydrogen-bond donors (Lipinski definition) is 0. The van der Waals surface area contributed by atoms with Crippen LogP contribution in [0, 0.1) is 0 Å². The molecule has 1 amide bonds. The van der Waals surface area contributed by atoms with Gasteiger partial charge in [0.25, 0.3) is 0 Å². The maximum absolute atomic E-state index is 12.2. The van der Waals surface area contributed by atoms with Crippen LogP contribution in [0.1, 0.15) is 12.5 Å². The molecule has 0 aromatic heterocycles. The van der Waals surface area contributed by atoms with E-state index in [4.69, 9.17) is 23.2 Å². The van der Waals surface area contributed by atoms with Crippen LogP contribution in [0.3, 0.4) is 0 Å². The number of carbonyl (C=O) groups excluding carboxylic acids is 1. The van der Waals surface area contributed by atoms with E-state index in [1.54, 1.807) is 24.0 Å². The fraction of sp³-hybridized carbons (Fsp3) is 0.533. The van der Waals surface area contributed by atoms with Crippen LogP contribution < -0.4 is 0 Å². The van der Waals surface area contributed by atoms with Crippen molar-refractivity contribution in [2.75, 3.05) is 37.7 Å². The van der Waals surface area contributed by atoms with Gasteiger partial charge in [-0.2, -0.15) is 4.31 Å². The highest BCUT2D eigenvalue weighted by Gasteiger charge is 2.27. The average molecular weight is 411 g/mol. The molecule has 0 saturated carbocycles. The number of sulfonamides is 1. The van der Waals surface area contributed by atoms with Gasteiger partial charge in [-0.05, 0) is 24.6 Å². The lowest BCUT2D eigenvalue weighted by Crippen LogP contribution is -2.51. The molecular weight excluding hydrogens is 391 g/mol. The Kier molecular flexibility index (Phi) is 7.24. The Bertz CT molecular complexity index is 690. The standard InChI is InChI=1S/C15H20Cl2N2O3S2/c1-2-24(21,22)19-7-5-18(6-8-19)15(20)11-23-10-12-3-4-13(16)9-14(12)17/h3-4,9H,2,5-8,10-11H2,1H3. The quantitative estimate of drug-likeness (QED) is 0.723. The van der Waals surface area contributed by atoms with Crippen molar-refractivity contribution in [2.24, 2.45) is 0 Å². The Hall–Kier alpha value is -0.470. The van der Waals surface area contributed by atoms with Crippen LogP contribution in [-0.4, -0.2) is 61.2 Å². The number of amides is 1. The fourth-order valence-electron chi connectivity index (χ4n) is 2.38. The van der Waals surface area contributed by atoms with Crippen LogP contribution in [-0.2, 0) is 20.6 Å². The molecule has 0 aliphatic carbocycles. The van der Waals surface area contributed by atoms with Crippen molar-refractivity contribution in [2.45, 2.75) is 12.7 Å². The van der Waals surface area contributed by atoms with Crippen molar-refractivity contribution in [1.29, 1.82) is 0 Å². The second-order valence-corrected chi connectivity index (χ2v) is 9.50. The fourth-order valence-corrected chi connectivity index (χ4v) is 4.95. The molecule has 2 rings (SSSR count). The van der Waals surface area contributed by atoms with Crippen LogP contribution in [0.5, 0.6) is 0 Å². The molecule has 24 heavy (non-hydrogen) atoms. The van der Waals surface area contributed by atoms with E-state index in [1.165, 1.54) is 16.1 Å². The summed E-state index contributed by atoms with van der Waals surface area (Å²) in [4.78, 5) is 14.0. The number of halogens is 2. The Morgan fingerprint density at radius 1 is 1.21 bits per heavy atom. The zero-order chi connectivity index (χ0) is 17.7. The Morgan fingerprint density at radius 2 is 1.88 bits per heavy atom. The van der Waals surface area contributed by atoms with E-state index in [1.807, 2.05) is 6.07 Å². The molecule has 134 valence electrons. The average Bonchev–Trinajstić information content (AvgIpc) is 2.57. The first-order chi connectivity index (χ1) is 11.3. The molecule has 1 aromatic rings. The van der Waals surface area contributed by atoms with Gasteiger partial charge < -0.3 is 4.90 Å². The molecule has 1 fully saturated rings. The summed E-state index contributed by atoms with van der Waals surface area (Å²) in [7, 11) is -3.17. The minimum atomic E-state index is -3.17. The molecule has 0 bridgehead atoms. The van der Waals surface area contributed by atoms with Crippen LogP contribution in [0.4, 0.5) is 0 Å². The molecule has 9 heteroatoms. The van der Waals surface area contributed by atoms with Gasteiger partial charge in [0.1, 0.15) is 0 Å². The first-order valence-corrected chi connectivity index (χ1v) is 11.1. The lowest BCUT2D eigenvalue weighted by Gasteiger charge is -2.33. The number of rotatable bonds is 6. The number of hydrogen-bond acceptors (Lipinski definition) is 4. The summed E-state index contributed by atoms with van der Waals surface area (Å²) in [6, 6.07) is 5.32. The van der Waals surface area contributed by atoms with E-state index in [-0.39, 0.29) is 11.7 Å². The van der Waals surface area contributed by atoms with Crippen LogP contribution in [0.25, 0.3) is 0 Å². The van der Waals surface area contributed by atoms with Crippen molar-refractivity contribution in [3.8, 4) is 0 Å². The second-order valence-electron chi connectivity index (χ2n) is 5.41. The number of carbonyl (C=O) groups is 1. The zero-order valence-corrected chi connectivity index (χ0v) is 16.5. The third-order valence-electron chi connectivity index (χ3n) is 3.85. The molecule has 0 radical (unpaired) electrons. The monoisotopic (exact) mass is 410 g/mol. The normalized spacial score (nSPS) is 16.4. The summed E-state index contributed by atoms with van der Waals surface area (Å²) in [6.07, 6.45) is 0. The van der Waals surface area contributed by atoms with Crippen LogP contribution in [0.15, 0.2) is 18.2 Å². The topological polar surface area (TPSA) is 57.7 Å². The van der Waals surface area contributed by atoms with E-state index in [9.17, 15) is 13.2 Å². The molecular formula is C15H20Cl2N2O3S2. The Labute approximate surface area is 157 Å². The van der Waals surface area contributed by atoms with E-state index in [0.717, 1.165) is 5.56 Å². The largest absolute Gasteiger partial charge is 0.339 e. The predicted molar refractivity (Wildman–Crippen MR) is 100 cm³/mol. The SMILES string of the molecule is CCS(=O)(=O)N1CCN(C(=O)CSCc2ccc(Cl)cc2Cl)CC1. The highest BCUT2D eigenvalue weighted by atomic mass is 35.5. The third-order valence-corrected chi connectivity index (χ3v) is 7.28. The van der Waals surface area contributed by atoms with Crippen LogP contribution >= 0.6 is 35.0 Å². The third kappa shape index (κ3) is 5.26. The van der Waals surface area contributed by atoms with E-state index in [0.29, 0.717) is 47.7 Å². The lowest BCUT2D eigenvalue weighted by atomic mass is 10.2. The van der Waals surface area contributed by atoms with E-state index >= 15 is 0 Å². The lowest BCUT2D eigenvalue weighted by molar-refractivity contribution is -0.129.